The Morgan fingerprint density at radius 2 is 1.74 bits per heavy atom. The molecule has 0 unspecified atom stereocenters. The molecule has 0 fully saturated rings. The molecule has 0 aliphatic carbocycles. The van der Waals surface area contributed by atoms with E-state index in [1.807, 2.05) is 32.9 Å². The maximum atomic E-state index is 13.7. The van der Waals surface area contributed by atoms with Crippen LogP contribution in [0, 0.1) is 6.92 Å². The van der Waals surface area contributed by atoms with Gasteiger partial charge in [-0.2, -0.15) is 13.2 Å². The lowest BCUT2D eigenvalue weighted by atomic mass is 10.1. The van der Waals surface area contributed by atoms with Gasteiger partial charge >= 0.3 is 6.18 Å². The Morgan fingerprint density at radius 1 is 1.08 bits per heavy atom. The lowest BCUT2D eigenvalue weighted by Gasteiger charge is -2.33. The molecule has 12 heteroatoms. The highest BCUT2D eigenvalue weighted by molar-refractivity contribution is 7.92. The van der Waals surface area contributed by atoms with E-state index in [1.54, 1.807) is 19.1 Å². The van der Waals surface area contributed by atoms with Crippen LogP contribution in [0.1, 0.15) is 50.3 Å². The van der Waals surface area contributed by atoms with Gasteiger partial charge in [0, 0.05) is 12.6 Å². The first-order chi connectivity index (χ1) is 17.6. The maximum absolute atomic E-state index is 13.7. The Morgan fingerprint density at radius 3 is 2.26 bits per heavy atom. The second-order valence-corrected chi connectivity index (χ2v) is 11.5. The summed E-state index contributed by atoms with van der Waals surface area (Å²) in [6, 6.07) is 8.80. The van der Waals surface area contributed by atoms with Gasteiger partial charge in [0.2, 0.25) is 21.8 Å². The third kappa shape index (κ3) is 8.36. The third-order valence-electron chi connectivity index (χ3n) is 6.04. The van der Waals surface area contributed by atoms with Crippen LogP contribution in [0.25, 0.3) is 0 Å². The number of carbonyl (C=O) groups is 2. The predicted octanol–water partition coefficient (Wildman–Crippen LogP) is 5.16. The number of benzene rings is 2. The Hall–Kier alpha value is -2.79. The molecule has 0 aliphatic heterocycles. The van der Waals surface area contributed by atoms with E-state index in [0.29, 0.717) is 22.4 Å². The topological polar surface area (TPSA) is 86.8 Å². The van der Waals surface area contributed by atoms with E-state index >= 15 is 0 Å². The number of nitrogens with zero attached hydrogens (tertiary/aromatic N) is 2. The molecule has 2 aromatic carbocycles. The summed E-state index contributed by atoms with van der Waals surface area (Å²) in [7, 11) is -4.20. The molecule has 0 heterocycles. The number of amides is 2. The molecule has 0 saturated heterocycles. The van der Waals surface area contributed by atoms with Crippen LogP contribution in [0.2, 0.25) is 5.02 Å². The lowest BCUT2D eigenvalue weighted by molar-refractivity contribution is -0.140. The van der Waals surface area contributed by atoms with E-state index in [1.165, 1.54) is 4.90 Å². The molecule has 2 atom stereocenters. The van der Waals surface area contributed by atoms with Crippen LogP contribution < -0.4 is 9.62 Å². The van der Waals surface area contributed by atoms with Crippen molar-refractivity contribution in [2.24, 2.45) is 0 Å². The average Bonchev–Trinajstić information content (AvgIpc) is 2.81. The minimum absolute atomic E-state index is 0.00103. The normalized spacial score (nSPS) is 13.5. The van der Waals surface area contributed by atoms with Gasteiger partial charge in [-0.05, 0) is 50.5 Å². The molecule has 210 valence electrons. The fraction of sp³-hybridized carbons (Fsp3) is 0.462. The molecule has 0 radical (unpaired) electrons. The summed E-state index contributed by atoms with van der Waals surface area (Å²) >= 11 is 5.70. The second kappa shape index (κ2) is 12.8. The van der Waals surface area contributed by atoms with Crippen molar-refractivity contribution in [1.82, 2.24) is 10.2 Å². The number of halogens is 4. The molecule has 0 aromatic heterocycles. The molecule has 0 spiro atoms. The van der Waals surface area contributed by atoms with E-state index in [4.69, 9.17) is 11.6 Å². The number of carbonyl (C=O) groups excluding carboxylic acids is 2. The van der Waals surface area contributed by atoms with Gasteiger partial charge in [0.25, 0.3) is 0 Å². The highest BCUT2D eigenvalue weighted by atomic mass is 35.5. The quantitative estimate of drug-likeness (QED) is 0.401. The molecule has 2 rings (SSSR count). The van der Waals surface area contributed by atoms with Crippen LogP contribution in [-0.4, -0.2) is 50.0 Å². The van der Waals surface area contributed by atoms with Crippen molar-refractivity contribution in [3.8, 4) is 0 Å². The monoisotopic (exact) mass is 575 g/mol. The Kier molecular flexibility index (Phi) is 10.6. The van der Waals surface area contributed by atoms with Crippen molar-refractivity contribution in [2.45, 2.75) is 65.3 Å². The van der Waals surface area contributed by atoms with Crippen molar-refractivity contribution in [1.29, 1.82) is 0 Å². The van der Waals surface area contributed by atoms with Gasteiger partial charge in [0.05, 0.1) is 22.5 Å². The summed E-state index contributed by atoms with van der Waals surface area (Å²) in [5.41, 5.74) is 0.0365. The first-order valence-electron chi connectivity index (χ1n) is 12.1. The molecular weight excluding hydrogens is 543 g/mol. The SMILES string of the molecule is CC[C@H](C(=O)N[C@@H](C)CC)N(Cc1cccc(C)c1)C(=O)CN(c1ccc(Cl)c(C(F)(F)F)c1)S(C)(=O)=O. The number of aryl methyl sites for hydroxylation is 1. The van der Waals surface area contributed by atoms with Gasteiger partial charge in [-0.3, -0.25) is 13.9 Å². The summed E-state index contributed by atoms with van der Waals surface area (Å²) in [6.07, 6.45) is -3.15. The Labute approximate surface area is 227 Å². The number of rotatable bonds is 11. The van der Waals surface area contributed by atoms with Gasteiger partial charge in [0.15, 0.2) is 0 Å². The van der Waals surface area contributed by atoms with Crippen molar-refractivity contribution in [3.05, 3.63) is 64.2 Å². The van der Waals surface area contributed by atoms with Crippen LogP contribution in [0.4, 0.5) is 18.9 Å². The van der Waals surface area contributed by atoms with Crippen LogP contribution in [-0.2, 0) is 32.3 Å². The largest absolute Gasteiger partial charge is 0.417 e. The van der Waals surface area contributed by atoms with E-state index in [2.05, 4.69) is 5.32 Å². The average molecular weight is 576 g/mol. The number of hydrogen-bond acceptors (Lipinski definition) is 4. The smallest absolute Gasteiger partial charge is 0.352 e. The fourth-order valence-electron chi connectivity index (χ4n) is 3.87. The molecule has 0 bridgehead atoms. The number of sulfonamides is 1. The van der Waals surface area contributed by atoms with Gasteiger partial charge in [0.1, 0.15) is 12.6 Å². The van der Waals surface area contributed by atoms with Crippen LogP contribution >= 0.6 is 11.6 Å². The zero-order chi connectivity index (χ0) is 28.8. The zero-order valence-corrected chi connectivity index (χ0v) is 23.5. The maximum Gasteiger partial charge on any atom is 0.417 e. The third-order valence-corrected chi connectivity index (χ3v) is 7.52. The molecule has 38 heavy (non-hydrogen) atoms. The van der Waals surface area contributed by atoms with E-state index < -0.39 is 51.2 Å². The molecule has 7 nitrogen and oxygen atoms in total. The van der Waals surface area contributed by atoms with Gasteiger partial charge in [-0.1, -0.05) is 55.3 Å². The minimum Gasteiger partial charge on any atom is -0.352 e. The lowest BCUT2D eigenvalue weighted by Crippen LogP contribution is -2.53. The van der Waals surface area contributed by atoms with E-state index in [-0.39, 0.29) is 24.7 Å². The van der Waals surface area contributed by atoms with Crippen LogP contribution in [0.5, 0.6) is 0 Å². The fourth-order valence-corrected chi connectivity index (χ4v) is 4.93. The van der Waals surface area contributed by atoms with Gasteiger partial charge < -0.3 is 10.2 Å². The van der Waals surface area contributed by atoms with E-state index in [0.717, 1.165) is 24.0 Å². The van der Waals surface area contributed by atoms with Gasteiger partial charge in [-0.25, -0.2) is 8.42 Å². The first-order valence-corrected chi connectivity index (χ1v) is 14.3. The van der Waals surface area contributed by atoms with Crippen molar-refractivity contribution < 1.29 is 31.2 Å². The minimum atomic E-state index is -4.83. The summed E-state index contributed by atoms with van der Waals surface area (Å²) in [5.74, 6) is -1.15. The molecule has 0 saturated carbocycles. The Balaban J connectivity index is 2.53. The number of hydrogen-bond donors (Lipinski definition) is 1. The number of alkyl halides is 3. The highest BCUT2D eigenvalue weighted by Gasteiger charge is 2.36. The van der Waals surface area contributed by atoms with Crippen LogP contribution in [0.15, 0.2) is 42.5 Å². The zero-order valence-electron chi connectivity index (χ0n) is 22.0. The molecular formula is C26H33ClF3N3O4S. The highest BCUT2D eigenvalue weighted by Crippen LogP contribution is 2.37. The summed E-state index contributed by atoms with van der Waals surface area (Å²) < 4.78 is 66.3. The number of nitrogens with one attached hydrogen (secondary N) is 1. The molecule has 2 amide bonds. The van der Waals surface area contributed by atoms with Crippen molar-refractivity contribution in [2.75, 3.05) is 17.1 Å². The second-order valence-electron chi connectivity index (χ2n) is 9.18. The van der Waals surface area contributed by atoms with Crippen LogP contribution in [0.3, 0.4) is 0 Å². The standard InChI is InChI=1S/C26H33ClF3N3O4S/c1-6-18(4)31-25(35)23(7-2)32(15-19-10-8-9-17(3)13-19)24(34)16-33(38(5,36)37)20-11-12-22(27)21(14-20)26(28,29)30/h8-14,18,23H,6-7,15-16H2,1-5H3,(H,31,35)/t18-,23+/m0/s1. The summed E-state index contributed by atoms with van der Waals surface area (Å²) in [5, 5.41) is 2.25. The predicted molar refractivity (Wildman–Crippen MR) is 142 cm³/mol. The molecule has 1 N–H and O–H groups in total. The molecule has 2 aromatic rings. The van der Waals surface area contributed by atoms with Crippen molar-refractivity contribution >= 4 is 39.1 Å². The van der Waals surface area contributed by atoms with E-state index in [9.17, 15) is 31.2 Å². The van der Waals surface area contributed by atoms with Gasteiger partial charge in [-0.15, -0.1) is 0 Å². The number of anilines is 1. The molecule has 0 aliphatic rings. The van der Waals surface area contributed by atoms with Crippen molar-refractivity contribution in [3.63, 3.8) is 0 Å². The summed E-state index contributed by atoms with van der Waals surface area (Å²) in [6.45, 7) is 6.50. The summed E-state index contributed by atoms with van der Waals surface area (Å²) in [4.78, 5) is 28.0. The Bertz CT molecular complexity index is 1250. The first kappa shape index (κ1) is 31.4.